The lowest BCUT2D eigenvalue weighted by Gasteiger charge is -2.10. The quantitative estimate of drug-likeness (QED) is 0.780. The van der Waals surface area contributed by atoms with Gasteiger partial charge in [0.15, 0.2) is 0 Å². The number of benzene rings is 2. The zero-order chi connectivity index (χ0) is 13.1. The van der Waals surface area contributed by atoms with Crippen LogP contribution in [-0.4, -0.2) is 6.29 Å². The maximum Gasteiger partial charge on any atom is 0.150 e. The Labute approximate surface area is 113 Å². The molecule has 0 atom stereocenters. The van der Waals surface area contributed by atoms with Crippen LogP contribution in [0.15, 0.2) is 40.9 Å². The summed E-state index contributed by atoms with van der Waals surface area (Å²) in [5.74, 6) is 0.532. The highest BCUT2D eigenvalue weighted by Gasteiger charge is 2.07. The molecular formula is C14H10BrFO2. The van der Waals surface area contributed by atoms with Crippen LogP contribution in [0.2, 0.25) is 0 Å². The topological polar surface area (TPSA) is 26.3 Å². The molecule has 18 heavy (non-hydrogen) atoms. The van der Waals surface area contributed by atoms with Crippen molar-refractivity contribution in [2.75, 3.05) is 0 Å². The summed E-state index contributed by atoms with van der Waals surface area (Å²) in [6, 6.07) is 9.31. The molecule has 0 aliphatic carbocycles. The van der Waals surface area contributed by atoms with Gasteiger partial charge in [-0.25, -0.2) is 4.39 Å². The number of hydrogen-bond acceptors (Lipinski definition) is 2. The van der Waals surface area contributed by atoms with Crippen LogP contribution in [0.1, 0.15) is 15.9 Å². The Hall–Kier alpha value is -1.68. The van der Waals surface area contributed by atoms with E-state index < -0.39 is 0 Å². The van der Waals surface area contributed by atoms with Crippen LogP contribution in [-0.2, 0) is 0 Å². The van der Waals surface area contributed by atoms with Gasteiger partial charge in [0, 0.05) is 11.6 Å². The minimum atomic E-state index is -0.377. The standard InChI is InChI=1S/C14H10BrFO2/c1-9-2-3-10(8-17)6-13(9)18-14-7-11(16)4-5-12(14)15/h2-8H,1H3. The van der Waals surface area contributed by atoms with Crippen LogP contribution in [0.3, 0.4) is 0 Å². The summed E-state index contributed by atoms with van der Waals surface area (Å²) in [6.45, 7) is 1.86. The van der Waals surface area contributed by atoms with Gasteiger partial charge in [-0.3, -0.25) is 4.79 Å². The van der Waals surface area contributed by atoms with Crippen molar-refractivity contribution in [1.82, 2.24) is 0 Å². The van der Waals surface area contributed by atoms with Crippen molar-refractivity contribution in [2.24, 2.45) is 0 Å². The molecule has 0 heterocycles. The van der Waals surface area contributed by atoms with E-state index in [0.717, 1.165) is 11.8 Å². The molecule has 92 valence electrons. The highest BCUT2D eigenvalue weighted by Crippen LogP contribution is 2.32. The zero-order valence-electron chi connectivity index (χ0n) is 9.61. The van der Waals surface area contributed by atoms with E-state index in [9.17, 15) is 9.18 Å². The predicted octanol–water partition coefficient (Wildman–Crippen LogP) is 4.50. The summed E-state index contributed by atoms with van der Waals surface area (Å²) in [7, 11) is 0. The molecule has 0 amide bonds. The second-order valence-corrected chi connectivity index (χ2v) is 4.67. The van der Waals surface area contributed by atoms with Crippen molar-refractivity contribution in [3.63, 3.8) is 0 Å². The lowest BCUT2D eigenvalue weighted by molar-refractivity contribution is 0.112. The van der Waals surface area contributed by atoms with Gasteiger partial charge in [-0.2, -0.15) is 0 Å². The Morgan fingerprint density at radius 1 is 1.17 bits per heavy atom. The van der Waals surface area contributed by atoms with Gasteiger partial charge < -0.3 is 4.74 Å². The zero-order valence-corrected chi connectivity index (χ0v) is 11.2. The summed E-state index contributed by atoms with van der Waals surface area (Å²) in [6.07, 6.45) is 0.743. The van der Waals surface area contributed by atoms with E-state index in [2.05, 4.69) is 15.9 Å². The molecule has 2 aromatic carbocycles. The van der Waals surface area contributed by atoms with Gasteiger partial charge in [0.05, 0.1) is 4.47 Å². The van der Waals surface area contributed by atoms with Crippen molar-refractivity contribution in [3.8, 4) is 11.5 Å². The first kappa shape index (κ1) is 12.8. The van der Waals surface area contributed by atoms with Crippen molar-refractivity contribution >= 4 is 22.2 Å². The second-order valence-electron chi connectivity index (χ2n) is 3.82. The molecule has 0 fully saturated rings. The van der Waals surface area contributed by atoms with Crippen LogP contribution >= 0.6 is 15.9 Å². The second kappa shape index (κ2) is 5.31. The van der Waals surface area contributed by atoms with E-state index >= 15 is 0 Å². The predicted molar refractivity (Wildman–Crippen MR) is 70.7 cm³/mol. The van der Waals surface area contributed by atoms with Crippen LogP contribution in [0, 0.1) is 12.7 Å². The fraction of sp³-hybridized carbons (Fsp3) is 0.0714. The molecule has 2 nitrogen and oxygen atoms in total. The van der Waals surface area contributed by atoms with Gasteiger partial charge in [0.1, 0.15) is 23.6 Å². The molecule has 2 rings (SSSR count). The number of aldehydes is 1. The minimum Gasteiger partial charge on any atom is -0.456 e. The number of aryl methyl sites for hydroxylation is 1. The van der Waals surface area contributed by atoms with Gasteiger partial charge in [-0.15, -0.1) is 0 Å². The average molecular weight is 309 g/mol. The lowest BCUT2D eigenvalue weighted by Crippen LogP contribution is -1.91. The summed E-state index contributed by atoms with van der Waals surface area (Å²) >= 11 is 3.29. The largest absolute Gasteiger partial charge is 0.456 e. The fourth-order valence-corrected chi connectivity index (χ4v) is 1.80. The first-order valence-corrected chi connectivity index (χ1v) is 6.08. The number of carbonyl (C=O) groups excluding carboxylic acids is 1. The Morgan fingerprint density at radius 2 is 1.94 bits per heavy atom. The Morgan fingerprint density at radius 3 is 2.67 bits per heavy atom. The molecule has 0 aliphatic heterocycles. The number of carbonyl (C=O) groups is 1. The van der Waals surface area contributed by atoms with Crippen LogP contribution in [0.4, 0.5) is 4.39 Å². The normalized spacial score (nSPS) is 10.2. The summed E-state index contributed by atoms with van der Waals surface area (Å²) in [4.78, 5) is 10.7. The number of rotatable bonds is 3. The molecule has 0 spiro atoms. The monoisotopic (exact) mass is 308 g/mol. The maximum absolute atomic E-state index is 13.1. The first-order valence-electron chi connectivity index (χ1n) is 5.29. The molecule has 0 unspecified atom stereocenters. The molecular weight excluding hydrogens is 299 g/mol. The molecule has 0 aromatic heterocycles. The highest BCUT2D eigenvalue weighted by atomic mass is 79.9. The SMILES string of the molecule is Cc1ccc(C=O)cc1Oc1cc(F)ccc1Br. The molecule has 0 bridgehead atoms. The Balaban J connectivity index is 2.38. The van der Waals surface area contributed by atoms with E-state index in [0.29, 0.717) is 21.5 Å². The third-order valence-electron chi connectivity index (χ3n) is 2.46. The molecule has 4 heteroatoms. The number of ether oxygens (including phenoxy) is 1. The van der Waals surface area contributed by atoms with E-state index in [-0.39, 0.29) is 5.82 Å². The van der Waals surface area contributed by atoms with E-state index in [1.54, 1.807) is 24.3 Å². The third kappa shape index (κ3) is 2.76. The molecule has 0 saturated carbocycles. The van der Waals surface area contributed by atoms with Gasteiger partial charge in [-0.05, 0) is 46.6 Å². The number of halogens is 2. The van der Waals surface area contributed by atoms with Crippen molar-refractivity contribution in [1.29, 1.82) is 0 Å². The fourth-order valence-electron chi connectivity index (χ4n) is 1.47. The summed E-state index contributed by atoms with van der Waals surface area (Å²) in [5.41, 5.74) is 1.39. The van der Waals surface area contributed by atoms with Crippen LogP contribution in [0.25, 0.3) is 0 Å². The van der Waals surface area contributed by atoms with E-state index in [1.807, 2.05) is 6.92 Å². The maximum atomic E-state index is 13.1. The van der Waals surface area contributed by atoms with Crippen molar-refractivity contribution < 1.29 is 13.9 Å². The van der Waals surface area contributed by atoms with E-state index in [1.165, 1.54) is 12.1 Å². The van der Waals surface area contributed by atoms with Gasteiger partial charge in [0.25, 0.3) is 0 Å². The lowest BCUT2D eigenvalue weighted by atomic mass is 10.1. The van der Waals surface area contributed by atoms with Gasteiger partial charge in [0.2, 0.25) is 0 Å². The van der Waals surface area contributed by atoms with E-state index in [4.69, 9.17) is 4.74 Å². The average Bonchev–Trinajstić information content (AvgIpc) is 2.36. The molecule has 2 aromatic rings. The van der Waals surface area contributed by atoms with Gasteiger partial charge >= 0.3 is 0 Å². The smallest absolute Gasteiger partial charge is 0.150 e. The third-order valence-corrected chi connectivity index (χ3v) is 3.12. The summed E-state index contributed by atoms with van der Waals surface area (Å²) < 4.78 is 19.4. The molecule has 0 saturated heterocycles. The summed E-state index contributed by atoms with van der Waals surface area (Å²) in [5, 5.41) is 0. The van der Waals surface area contributed by atoms with Crippen LogP contribution < -0.4 is 4.74 Å². The minimum absolute atomic E-state index is 0.376. The van der Waals surface area contributed by atoms with Gasteiger partial charge in [-0.1, -0.05) is 12.1 Å². The number of hydrogen-bond donors (Lipinski definition) is 0. The first-order chi connectivity index (χ1) is 8.60. The van der Waals surface area contributed by atoms with Crippen molar-refractivity contribution in [3.05, 3.63) is 57.8 Å². The highest BCUT2D eigenvalue weighted by molar-refractivity contribution is 9.10. The molecule has 0 radical (unpaired) electrons. The Kier molecular flexibility index (Phi) is 3.77. The molecule has 0 aliphatic rings. The molecule has 0 N–H and O–H groups in total. The van der Waals surface area contributed by atoms with Crippen molar-refractivity contribution in [2.45, 2.75) is 6.92 Å². The Bertz CT molecular complexity index is 596. The van der Waals surface area contributed by atoms with Crippen LogP contribution in [0.5, 0.6) is 11.5 Å².